The highest BCUT2D eigenvalue weighted by atomic mass is 35.5. The lowest BCUT2D eigenvalue weighted by Gasteiger charge is -2.19. The molecule has 140 valence electrons. The molecule has 0 saturated heterocycles. The van der Waals surface area contributed by atoms with Crippen LogP contribution in [0.25, 0.3) is 0 Å². The molecule has 0 radical (unpaired) electrons. The lowest BCUT2D eigenvalue weighted by Crippen LogP contribution is -2.33. The van der Waals surface area contributed by atoms with Crippen molar-refractivity contribution in [3.05, 3.63) is 62.3 Å². The van der Waals surface area contributed by atoms with E-state index in [0.717, 1.165) is 18.2 Å². The monoisotopic (exact) mass is 389 g/mol. The molecule has 26 heavy (non-hydrogen) atoms. The number of carbonyl (C=O) groups excluding carboxylic acids is 1. The zero-order valence-electron chi connectivity index (χ0n) is 13.5. The molecule has 0 fully saturated rings. The Kier molecular flexibility index (Phi) is 6.04. The minimum absolute atomic E-state index is 0.107. The molecule has 0 aliphatic carbocycles. The van der Waals surface area contributed by atoms with Crippen molar-refractivity contribution in [2.75, 3.05) is 6.61 Å². The van der Waals surface area contributed by atoms with Gasteiger partial charge in [-0.15, -0.1) is 0 Å². The standard InChI is InChI=1S/C16H15ClF3N3O3/c1-2-13-21-11(6-14(25)23-13)15(26)22-12(7-24)9-4-3-8(5-10(9)17)16(18,19)20/h3-6,12,24H,2,7H2,1H3,(H,22,26)(H,21,23,25)/t12-/m1/s1. The van der Waals surface area contributed by atoms with Crippen LogP contribution in [0.15, 0.2) is 29.1 Å². The zero-order valence-corrected chi connectivity index (χ0v) is 14.3. The van der Waals surface area contributed by atoms with Crippen LogP contribution in [0.3, 0.4) is 0 Å². The van der Waals surface area contributed by atoms with Gasteiger partial charge in [-0.25, -0.2) is 4.98 Å². The second kappa shape index (κ2) is 7.88. The van der Waals surface area contributed by atoms with Crippen LogP contribution in [0.1, 0.15) is 40.4 Å². The Bertz CT molecular complexity index is 868. The first-order chi connectivity index (χ1) is 12.2. The lowest BCUT2D eigenvalue weighted by molar-refractivity contribution is -0.137. The fraction of sp³-hybridized carbons (Fsp3) is 0.312. The fourth-order valence-electron chi connectivity index (χ4n) is 2.23. The first-order valence-electron chi connectivity index (χ1n) is 7.54. The van der Waals surface area contributed by atoms with E-state index in [2.05, 4.69) is 15.3 Å². The first-order valence-corrected chi connectivity index (χ1v) is 7.92. The van der Waals surface area contributed by atoms with Gasteiger partial charge in [-0.3, -0.25) is 9.59 Å². The molecule has 1 aromatic heterocycles. The second-order valence-electron chi connectivity index (χ2n) is 5.37. The van der Waals surface area contributed by atoms with Crippen LogP contribution in [0.2, 0.25) is 5.02 Å². The van der Waals surface area contributed by atoms with Crippen molar-refractivity contribution in [3.8, 4) is 0 Å². The van der Waals surface area contributed by atoms with E-state index in [9.17, 15) is 27.9 Å². The number of amides is 1. The summed E-state index contributed by atoms with van der Waals surface area (Å²) in [4.78, 5) is 30.2. The normalized spacial score (nSPS) is 12.7. The molecule has 0 saturated carbocycles. The molecule has 1 heterocycles. The molecule has 10 heteroatoms. The number of carbonyl (C=O) groups is 1. The maximum absolute atomic E-state index is 12.7. The second-order valence-corrected chi connectivity index (χ2v) is 5.78. The molecule has 2 rings (SSSR count). The van der Waals surface area contributed by atoms with Crippen molar-refractivity contribution < 1.29 is 23.1 Å². The number of aliphatic hydroxyl groups excluding tert-OH is 1. The Morgan fingerprint density at radius 3 is 2.62 bits per heavy atom. The molecular weight excluding hydrogens is 375 g/mol. The number of aromatic nitrogens is 2. The van der Waals surface area contributed by atoms with E-state index < -0.39 is 35.9 Å². The van der Waals surface area contributed by atoms with Crippen molar-refractivity contribution in [3.63, 3.8) is 0 Å². The number of hydrogen-bond acceptors (Lipinski definition) is 4. The fourth-order valence-corrected chi connectivity index (χ4v) is 2.54. The van der Waals surface area contributed by atoms with Gasteiger partial charge in [-0.05, 0) is 17.7 Å². The number of nitrogens with zero attached hydrogens (tertiary/aromatic N) is 1. The van der Waals surface area contributed by atoms with Crippen LogP contribution in [0, 0.1) is 0 Å². The zero-order chi connectivity index (χ0) is 19.5. The van der Waals surface area contributed by atoms with Gasteiger partial charge < -0.3 is 15.4 Å². The van der Waals surface area contributed by atoms with Crippen LogP contribution in [-0.2, 0) is 12.6 Å². The summed E-state index contributed by atoms with van der Waals surface area (Å²) in [5.74, 6) is -0.462. The number of halogens is 4. The summed E-state index contributed by atoms with van der Waals surface area (Å²) in [6, 6.07) is 2.51. The number of aromatic amines is 1. The number of alkyl halides is 3. The van der Waals surface area contributed by atoms with E-state index in [0.29, 0.717) is 18.3 Å². The van der Waals surface area contributed by atoms with Gasteiger partial charge >= 0.3 is 6.18 Å². The van der Waals surface area contributed by atoms with E-state index >= 15 is 0 Å². The average Bonchev–Trinajstić information content (AvgIpc) is 2.58. The Hall–Kier alpha value is -2.39. The summed E-state index contributed by atoms with van der Waals surface area (Å²) in [6.07, 6.45) is -4.17. The van der Waals surface area contributed by atoms with Crippen molar-refractivity contribution in [1.82, 2.24) is 15.3 Å². The van der Waals surface area contributed by atoms with Crippen LogP contribution >= 0.6 is 11.6 Å². The highest BCUT2D eigenvalue weighted by Gasteiger charge is 2.31. The third-order valence-corrected chi connectivity index (χ3v) is 3.88. The van der Waals surface area contributed by atoms with Gasteiger partial charge in [-0.1, -0.05) is 24.6 Å². The molecule has 1 aromatic carbocycles. The Balaban J connectivity index is 2.28. The van der Waals surface area contributed by atoms with E-state index in [1.807, 2.05) is 0 Å². The van der Waals surface area contributed by atoms with Gasteiger partial charge in [0.05, 0.1) is 18.2 Å². The molecule has 0 aliphatic heterocycles. The smallest absolute Gasteiger partial charge is 0.394 e. The van der Waals surface area contributed by atoms with E-state index in [1.165, 1.54) is 0 Å². The largest absolute Gasteiger partial charge is 0.416 e. The molecule has 0 bridgehead atoms. The van der Waals surface area contributed by atoms with Gasteiger partial charge in [0.25, 0.3) is 11.5 Å². The maximum atomic E-state index is 12.7. The third-order valence-electron chi connectivity index (χ3n) is 3.55. The minimum Gasteiger partial charge on any atom is -0.394 e. The number of benzene rings is 1. The Morgan fingerprint density at radius 1 is 1.38 bits per heavy atom. The summed E-state index contributed by atoms with van der Waals surface area (Å²) in [5, 5.41) is 11.7. The SMILES string of the molecule is CCc1nc(C(=O)N[C@H](CO)c2ccc(C(F)(F)F)cc2Cl)cc(=O)[nH]1. The minimum atomic E-state index is -4.56. The van der Waals surface area contributed by atoms with Crippen molar-refractivity contribution in [1.29, 1.82) is 0 Å². The maximum Gasteiger partial charge on any atom is 0.416 e. The molecule has 3 N–H and O–H groups in total. The molecule has 1 amide bonds. The number of H-pyrrole nitrogens is 1. The van der Waals surface area contributed by atoms with Gasteiger partial charge in [-0.2, -0.15) is 13.2 Å². The number of aryl methyl sites for hydroxylation is 1. The van der Waals surface area contributed by atoms with E-state index in [1.54, 1.807) is 6.92 Å². The van der Waals surface area contributed by atoms with Crippen LogP contribution in [0.4, 0.5) is 13.2 Å². The summed E-state index contributed by atoms with van der Waals surface area (Å²) in [5.41, 5.74) is -1.53. The predicted octanol–water partition coefficient (Wildman–Crippen LogP) is 2.47. The molecule has 0 spiro atoms. The molecule has 0 unspecified atom stereocenters. The summed E-state index contributed by atoms with van der Waals surface area (Å²) < 4.78 is 38.1. The number of aliphatic hydroxyl groups is 1. The van der Waals surface area contributed by atoms with Gasteiger partial charge in [0.2, 0.25) is 0 Å². The Labute approximate surface area is 151 Å². The molecular formula is C16H15ClF3N3O3. The molecule has 1 atom stereocenters. The Morgan fingerprint density at radius 2 is 2.08 bits per heavy atom. The summed E-state index contributed by atoms with van der Waals surface area (Å²) in [7, 11) is 0. The highest BCUT2D eigenvalue weighted by Crippen LogP contribution is 2.33. The topological polar surface area (TPSA) is 95.1 Å². The van der Waals surface area contributed by atoms with Crippen LogP contribution < -0.4 is 10.9 Å². The number of rotatable bonds is 5. The average molecular weight is 390 g/mol. The van der Waals surface area contributed by atoms with Gasteiger partial charge in [0.1, 0.15) is 11.5 Å². The van der Waals surface area contributed by atoms with Crippen molar-refractivity contribution >= 4 is 17.5 Å². The predicted molar refractivity (Wildman–Crippen MR) is 88.0 cm³/mol. The third kappa shape index (κ3) is 4.61. The van der Waals surface area contributed by atoms with Crippen LogP contribution in [0.5, 0.6) is 0 Å². The highest BCUT2D eigenvalue weighted by molar-refractivity contribution is 6.31. The van der Waals surface area contributed by atoms with E-state index in [4.69, 9.17) is 11.6 Å². The van der Waals surface area contributed by atoms with E-state index in [-0.39, 0.29) is 16.3 Å². The van der Waals surface area contributed by atoms with Gasteiger partial charge in [0.15, 0.2) is 0 Å². The summed E-state index contributed by atoms with van der Waals surface area (Å²) >= 11 is 5.88. The summed E-state index contributed by atoms with van der Waals surface area (Å²) in [6.45, 7) is 1.12. The number of nitrogens with one attached hydrogen (secondary N) is 2. The van der Waals surface area contributed by atoms with Crippen molar-refractivity contribution in [2.24, 2.45) is 0 Å². The van der Waals surface area contributed by atoms with Crippen molar-refractivity contribution in [2.45, 2.75) is 25.6 Å². The molecule has 6 nitrogen and oxygen atoms in total. The quantitative estimate of drug-likeness (QED) is 0.732. The molecule has 2 aromatic rings. The van der Waals surface area contributed by atoms with Crippen LogP contribution in [-0.4, -0.2) is 27.6 Å². The van der Waals surface area contributed by atoms with Gasteiger partial charge in [0, 0.05) is 17.5 Å². The first kappa shape index (κ1) is 19.9. The number of hydrogen-bond donors (Lipinski definition) is 3. The molecule has 0 aliphatic rings. The lowest BCUT2D eigenvalue weighted by atomic mass is 10.0.